The Morgan fingerprint density at radius 3 is 1.91 bits per heavy atom. The predicted octanol–water partition coefficient (Wildman–Crippen LogP) is 6.03. The van der Waals surface area contributed by atoms with Crippen LogP contribution in [0.2, 0.25) is 0 Å². The Bertz CT molecular complexity index is 345. The highest BCUT2D eigenvalue weighted by Crippen LogP contribution is 2.39. The van der Waals surface area contributed by atoms with Gasteiger partial charge in [-0.3, -0.25) is 4.79 Å². The number of rotatable bonds is 5. The molecule has 3 aliphatic carbocycles. The lowest BCUT2D eigenvalue weighted by molar-refractivity contribution is -0.151. The molecular formula is C21H36O2. The van der Waals surface area contributed by atoms with Crippen LogP contribution in [0.25, 0.3) is 0 Å². The zero-order valence-electron chi connectivity index (χ0n) is 14.9. The Morgan fingerprint density at radius 2 is 1.26 bits per heavy atom. The summed E-state index contributed by atoms with van der Waals surface area (Å²) in [5.41, 5.74) is 0. The maximum absolute atomic E-state index is 12.1. The minimum Gasteiger partial charge on any atom is -0.462 e. The van der Waals surface area contributed by atoms with Gasteiger partial charge < -0.3 is 4.74 Å². The Hall–Kier alpha value is -0.530. The van der Waals surface area contributed by atoms with E-state index >= 15 is 0 Å². The molecule has 3 fully saturated rings. The van der Waals surface area contributed by atoms with Crippen molar-refractivity contribution in [3.63, 3.8) is 0 Å². The van der Waals surface area contributed by atoms with Gasteiger partial charge in [-0.15, -0.1) is 0 Å². The van der Waals surface area contributed by atoms with Crippen molar-refractivity contribution < 1.29 is 9.53 Å². The third-order valence-corrected chi connectivity index (χ3v) is 6.81. The second-order valence-corrected chi connectivity index (χ2v) is 8.47. The lowest BCUT2D eigenvalue weighted by Crippen LogP contribution is -2.28. The van der Waals surface area contributed by atoms with Crippen LogP contribution in [-0.4, -0.2) is 12.1 Å². The van der Waals surface area contributed by atoms with E-state index in [9.17, 15) is 4.79 Å². The average molecular weight is 321 g/mol. The first-order valence-corrected chi connectivity index (χ1v) is 10.5. The molecule has 2 heteroatoms. The smallest absolute Gasteiger partial charge is 0.306 e. The molecule has 0 aromatic heterocycles. The summed E-state index contributed by atoms with van der Waals surface area (Å²) in [5.74, 6) is 2.77. The number of hydrogen-bond donors (Lipinski definition) is 0. The molecule has 3 aliphatic rings. The van der Waals surface area contributed by atoms with Crippen molar-refractivity contribution in [2.75, 3.05) is 0 Å². The molecule has 0 saturated heterocycles. The van der Waals surface area contributed by atoms with Crippen molar-refractivity contribution in [3.05, 3.63) is 0 Å². The first-order chi connectivity index (χ1) is 11.3. The van der Waals surface area contributed by atoms with Gasteiger partial charge in [0.2, 0.25) is 0 Å². The van der Waals surface area contributed by atoms with E-state index in [4.69, 9.17) is 4.74 Å². The predicted molar refractivity (Wildman–Crippen MR) is 94.2 cm³/mol. The molecular weight excluding hydrogens is 284 g/mol. The minimum atomic E-state index is 0.0803. The van der Waals surface area contributed by atoms with E-state index < -0.39 is 0 Å². The molecule has 3 saturated carbocycles. The van der Waals surface area contributed by atoms with Gasteiger partial charge in [-0.1, -0.05) is 64.2 Å². The van der Waals surface area contributed by atoms with Crippen LogP contribution in [0.5, 0.6) is 0 Å². The third kappa shape index (κ3) is 5.50. The van der Waals surface area contributed by atoms with Crippen molar-refractivity contribution in [2.24, 2.45) is 17.8 Å². The number of hydrogen-bond acceptors (Lipinski definition) is 2. The molecule has 0 aromatic carbocycles. The van der Waals surface area contributed by atoms with Crippen LogP contribution >= 0.6 is 0 Å². The molecule has 132 valence electrons. The number of carbonyl (C=O) groups is 1. The van der Waals surface area contributed by atoms with Crippen molar-refractivity contribution in [1.29, 1.82) is 0 Å². The zero-order chi connectivity index (χ0) is 15.9. The fourth-order valence-electron chi connectivity index (χ4n) is 5.33. The maximum atomic E-state index is 12.1. The topological polar surface area (TPSA) is 26.3 Å². The first-order valence-electron chi connectivity index (χ1n) is 10.5. The van der Waals surface area contributed by atoms with Gasteiger partial charge in [0.1, 0.15) is 6.10 Å². The van der Waals surface area contributed by atoms with Crippen LogP contribution in [-0.2, 0) is 9.53 Å². The Labute approximate surface area is 142 Å². The molecule has 0 radical (unpaired) electrons. The average Bonchev–Trinajstić information content (AvgIpc) is 2.62. The Balaban J connectivity index is 1.31. The second-order valence-electron chi connectivity index (χ2n) is 8.47. The monoisotopic (exact) mass is 320 g/mol. The van der Waals surface area contributed by atoms with Crippen LogP contribution in [0.3, 0.4) is 0 Å². The SMILES string of the molecule is O=C(CCC1CCCCC1)OC1CCC(C2CCCCC2)CC1. The second kappa shape index (κ2) is 9.08. The van der Waals surface area contributed by atoms with Crippen LogP contribution in [0.15, 0.2) is 0 Å². The Morgan fingerprint density at radius 1 is 0.696 bits per heavy atom. The van der Waals surface area contributed by atoms with E-state index in [0.717, 1.165) is 37.0 Å². The van der Waals surface area contributed by atoms with Crippen molar-refractivity contribution >= 4 is 5.97 Å². The van der Waals surface area contributed by atoms with Gasteiger partial charge in [-0.05, 0) is 49.9 Å². The molecule has 0 aliphatic heterocycles. The molecule has 23 heavy (non-hydrogen) atoms. The quantitative estimate of drug-likeness (QED) is 0.578. The van der Waals surface area contributed by atoms with Gasteiger partial charge in [0.15, 0.2) is 0 Å². The summed E-state index contributed by atoms with van der Waals surface area (Å²) >= 11 is 0. The fourth-order valence-corrected chi connectivity index (χ4v) is 5.33. The molecule has 2 nitrogen and oxygen atoms in total. The molecule has 0 heterocycles. The maximum Gasteiger partial charge on any atom is 0.306 e. The van der Waals surface area contributed by atoms with E-state index in [1.807, 2.05) is 0 Å². The van der Waals surface area contributed by atoms with E-state index in [-0.39, 0.29) is 12.1 Å². The van der Waals surface area contributed by atoms with Gasteiger partial charge in [0.25, 0.3) is 0 Å². The fraction of sp³-hybridized carbons (Fsp3) is 0.952. The number of carbonyl (C=O) groups excluding carboxylic acids is 1. The summed E-state index contributed by atoms with van der Waals surface area (Å²) in [6.45, 7) is 0. The third-order valence-electron chi connectivity index (χ3n) is 6.81. The van der Waals surface area contributed by atoms with Crippen LogP contribution in [0.4, 0.5) is 0 Å². The van der Waals surface area contributed by atoms with E-state index in [1.54, 1.807) is 0 Å². The summed E-state index contributed by atoms with van der Waals surface area (Å²) in [6.07, 6.45) is 20.8. The van der Waals surface area contributed by atoms with Crippen molar-refractivity contribution in [3.8, 4) is 0 Å². The van der Waals surface area contributed by atoms with Crippen LogP contribution < -0.4 is 0 Å². The lowest BCUT2D eigenvalue weighted by atomic mass is 9.73. The summed E-state index contributed by atoms with van der Waals surface area (Å²) in [7, 11) is 0. The minimum absolute atomic E-state index is 0.0803. The molecule has 0 spiro atoms. The highest BCUT2D eigenvalue weighted by atomic mass is 16.5. The van der Waals surface area contributed by atoms with Gasteiger partial charge in [0.05, 0.1) is 0 Å². The van der Waals surface area contributed by atoms with E-state index in [1.165, 1.54) is 77.0 Å². The summed E-state index contributed by atoms with van der Waals surface area (Å²) in [5, 5.41) is 0. The van der Waals surface area contributed by atoms with Crippen molar-refractivity contribution in [2.45, 2.75) is 109 Å². The molecule has 0 bridgehead atoms. The summed E-state index contributed by atoms with van der Waals surface area (Å²) in [6, 6.07) is 0. The van der Waals surface area contributed by atoms with Gasteiger partial charge in [-0.2, -0.15) is 0 Å². The first kappa shape index (κ1) is 17.3. The molecule has 0 amide bonds. The number of ether oxygens (including phenoxy) is 1. The zero-order valence-corrected chi connectivity index (χ0v) is 14.9. The van der Waals surface area contributed by atoms with Gasteiger partial charge in [0, 0.05) is 6.42 Å². The molecule has 0 aromatic rings. The Kier molecular flexibility index (Phi) is 6.83. The van der Waals surface area contributed by atoms with Crippen LogP contribution in [0, 0.1) is 17.8 Å². The lowest BCUT2D eigenvalue weighted by Gasteiger charge is -2.35. The molecule has 0 atom stereocenters. The highest BCUT2D eigenvalue weighted by Gasteiger charge is 2.30. The molecule has 0 N–H and O–H groups in total. The number of esters is 1. The van der Waals surface area contributed by atoms with Crippen molar-refractivity contribution in [1.82, 2.24) is 0 Å². The van der Waals surface area contributed by atoms with Gasteiger partial charge >= 0.3 is 5.97 Å². The standard InChI is InChI=1S/C21H36O2/c22-21(16-11-17-7-3-1-4-8-17)23-20-14-12-19(13-15-20)18-9-5-2-6-10-18/h17-20H,1-16H2. The summed E-state index contributed by atoms with van der Waals surface area (Å²) in [4.78, 5) is 12.1. The largest absolute Gasteiger partial charge is 0.462 e. The summed E-state index contributed by atoms with van der Waals surface area (Å²) < 4.78 is 5.78. The van der Waals surface area contributed by atoms with Gasteiger partial charge in [-0.25, -0.2) is 0 Å². The normalized spacial score (nSPS) is 31.0. The van der Waals surface area contributed by atoms with Crippen LogP contribution in [0.1, 0.15) is 103 Å². The molecule has 3 rings (SSSR count). The van der Waals surface area contributed by atoms with E-state index in [2.05, 4.69) is 0 Å². The van der Waals surface area contributed by atoms with E-state index in [0.29, 0.717) is 6.42 Å². The highest BCUT2D eigenvalue weighted by molar-refractivity contribution is 5.69. The molecule has 0 unspecified atom stereocenters.